The van der Waals surface area contributed by atoms with Crippen LogP contribution in [-0.4, -0.2) is 41.3 Å². The van der Waals surface area contributed by atoms with Gasteiger partial charge in [-0.05, 0) is 60.2 Å². The molecule has 2 aliphatic rings. The van der Waals surface area contributed by atoms with Crippen LogP contribution in [0.15, 0.2) is 60.8 Å². The molecule has 5 rings (SSSR count). The topological polar surface area (TPSA) is 101 Å². The summed E-state index contributed by atoms with van der Waals surface area (Å²) < 4.78 is 5.53. The highest BCUT2D eigenvalue weighted by Gasteiger charge is 2.51. The molecule has 1 aliphatic heterocycles. The number of rotatable bonds is 7. The van der Waals surface area contributed by atoms with E-state index in [4.69, 9.17) is 4.74 Å². The van der Waals surface area contributed by atoms with Crippen molar-refractivity contribution in [3.05, 3.63) is 88.6 Å². The summed E-state index contributed by atoms with van der Waals surface area (Å²) in [5, 5.41) is 5.91. The number of pyridine rings is 1. The molecule has 1 aliphatic carbocycles. The molecule has 8 nitrogen and oxygen atoms in total. The van der Waals surface area contributed by atoms with Crippen molar-refractivity contribution in [2.24, 2.45) is 5.41 Å². The van der Waals surface area contributed by atoms with Gasteiger partial charge in [0.05, 0.1) is 11.5 Å². The number of amides is 3. The lowest BCUT2D eigenvalue weighted by molar-refractivity contribution is -0.142. The number of nitrogens with one attached hydrogen (secondary N) is 2. The van der Waals surface area contributed by atoms with Crippen molar-refractivity contribution in [1.29, 1.82) is 0 Å². The SMILES string of the molecule is COC(C)c1ccccc1CN(CC(=O)Nc1ccc2c(c1)CC1(C2)C(=O)Nc2ncccc21)C(=O)C(C)(C)C. The molecule has 3 amide bonds. The maximum atomic E-state index is 13.4. The Balaban J connectivity index is 1.33. The molecular formula is C32H36N4O4. The largest absolute Gasteiger partial charge is 0.377 e. The molecule has 0 radical (unpaired) electrons. The molecule has 0 saturated heterocycles. The molecule has 3 aromatic rings. The maximum absolute atomic E-state index is 13.4. The molecule has 0 bridgehead atoms. The molecule has 8 heteroatoms. The van der Waals surface area contributed by atoms with Crippen LogP contribution in [-0.2, 0) is 43.9 Å². The third-order valence-corrected chi connectivity index (χ3v) is 7.94. The lowest BCUT2D eigenvalue weighted by atomic mass is 9.79. The van der Waals surface area contributed by atoms with Gasteiger partial charge in [0.1, 0.15) is 12.4 Å². The maximum Gasteiger partial charge on any atom is 0.244 e. The first kappa shape index (κ1) is 27.5. The normalized spacial score (nSPS) is 18.2. The summed E-state index contributed by atoms with van der Waals surface area (Å²) >= 11 is 0. The summed E-state index contributed by atoms with van der Waals surface area (Å²) in [6.07, 6.45) is 2.67. The molecule has 2 N–H and O–H groups in total. The molecule has 0 fully saturated rings. The van der Waals surface area contributed by atoms with E-state index in [1.165, 1.54) is 0 Å². The van der Waals surface area contributed by atoms with E-state index in [0.717, 1.165) is 27.8 Å². The number of methoxy groups -OCH3 is 1. The first-order valence-electron chi connectivity index (χ1n) is 13.6. The fourth-order valence-corrected chi connectivity index (χ4v) is 5.80. The van der Waals surface area contributed by atoms with Gasteiger partial charge in [-0.15, -0.1) is 0 Å². The van der Waals surface area contributed by atoms with Crippen LogP contribution in [0.25, 0.3) is 0 Å². The van der Waals surface area contributed by atoms with E-state index in [2.05, 4.69) is 15.6 Å². The number of nitrogens with zero attached hydrogens (tertiary/aromatic N) is 2. The van der Waals surface area contributed by atoms with Gasteiger partial charge in [-0.1, -0.05) is 57.2 Å². The summed E-state index contributed by atoms with van der Waals surface area (Å²) in [4.78, 5) is 45.6. The second-order valence-electron chi connectivity index (χ2n) is 11.8. The first-order chi connectivity index (χ1) is 19.0. The Labute approximate surface area is 235 Å². The minimum atomic E-state index is -0.669. The molecule has 40 heavy (non-hydrogen) atoms. The fraction of sp³-hybridized carbons (Fsp3) is 0.375. The minimum Gasteiger partial charge on any atom is -0.377 e. The highest BCUT2D eigenvalue weighted by molar-refractivity contribution is 6.06. The van der Waals surface area contributed by atoms with E-state index >= 15 is 0 Å². The lowest BCUT2D eigenvalue weighted by Crippen LogP contribution is -2.43. The number of carbonyl (C=O) groups is 3. The molecule has 1 aromatic heterocycles. The van der Waals surface area contributed by atoms with Crippen LogP contribution in [0, 0.1) is 5.41 Å². The lowest BCUT2D eigenvalue weighted by Gasteiger charge is -2.30. The molecule has 2 atom stereocenters. The summed E-state index contributed by atoms with van der Waals surface area (Å²) in [5.74, 6) is 0.190. The van der Waals surface area contributed by atoms with Gasteiger partial charge in [0.2, 0.25) is 17.7 Å². The molecule has 208 valence electrons. The average Bonchev–Trinajstić information content (AvgIpc) is 3.44. The second kappa shape index (κ2) is 10.5. The number of aromatic nitrogens is 1. The Hall–Kier alpha value is -4.04. The van der Waals surface area contributed by atoms with Crippen LogP contribution >= 0.6 is 0 Å². The summed E-state index contributed by atoms with van der Waals surface area (Å²) in [6.45, 7) is 7.73. The van der Waals surface area contributed by atoms with Crippen molar-refractivity contribution in [3.63, 3.8) is 0 Å². The van der Waals surface area contributed by atoms with Gasteiger partial charge < -0.3 is 20.3 Å². The van der Waals surface area contributed by atoms with E-state index in [1.807, 2.05) is 82.3 Å². The van der Waals surface area contributed by atoms with Crippen LogP contribution in [0.4, 0.5) is 11.5 Å². The molecular weight excluding hydrogens is 504 g/mol. The van der Waals surface area contributed by atoms with Crippen molar-refractivity contribution >= 4 is 29.2 Å². The zero-order chi connectivity index (χ0) is 28.7. The zero-order valence-corrected chi connectivity index (χ0v) is 23.7. The number of fused-ring (bicyclic) bond motifs is 3. The predicted molar refractivity (Wildman–Crippen MR) is 154 cm³/mol. The Morgan fingerprint density at radius 1 is 1.10 bits per heavy atom. The van der Waals surface area contributed by atoms with Gasteiger partial charge in [-0.3, -0.25) is 14.4 Å². The Bertz CT molecular complexity index is 1480. The Kier molecular flexibility index (Phi) is 7.23. The number of carbonyl (C=O) groups excluding carboxylic acids is 3. The third kappa shape index (κ3) is 5.11. The van der Waals surface area contributed by atoms with Crippen molar-refractivity contribution in [2.75, 3.05) is 24.3 Å². The second-order valence-corrected chi connectivity index (χ2v) is 11.8. The fourth-order valence-electron chi connectivity index (χ4n) is 5.80. The molecule has 2 unspecified atom stereocenters. The number of ether oxygens (including phenoxy) is 1. The number of benzene rings is 2. The number of hydrogen-bond donors (Lipinski definition) is 2. The van der Waals surface area contributed by atoms with Crippen LogP contribution in [0.1, 0.15) is 61.6 Å². The summed E-state index contributed by atoms with van der Waals surface area (Å²) in [7, 11) is 1.65. The van der Waals surface area contributed by atoms with Crippen molar-refractivity contribution in [1.82, 2.24) is 9.88 Å². The average molecular weight is 541 g/mol. The van der Waals surface area contributed by atoms with E-state index in [1.54, 1.807) is 18.2 Å². The molecule has 1 spiro atoms. The van der Waals surface area contributed by atoms with E-state index in [0.29, 0.717) is 30.9 Å². The highest BCUT2D eigenvalue weighted by Crippen LogP contribution is 2.46. The minimum absolute atomic E-state index is 0.0395. The van der Waals surface area contributed by atoms with E-state index in [-0.39, 0.29) is 30.4 Å². The zero-order valence-electron chi connectivity index (χ0n) is 23.7. The van der Waals surface area contributed by atoms with E-state index in [9.17, 15) is 14.4 Å². The van der Waals surface area contributed by atoms with Crippen molar-refractivity contribution < 1.29 is 19.1 Å². The van der Waals surface area contributed by atoms with Crippen LogP contribution in [0.3, 0.4) is 0 Å². The van der Waals surface area contributed by atoms with Crippen LogP contribution < -0.4 is 10.6 Å². The number of anilines is 2. The summed E-state index contributed by atoms with van der Waals surface area (Å²) in [5.41, 5.74) is 4.26. The van der Waals surface area contributed by atoms with Crippen molar-refractivity contribution in [3.8, 4) is 0 Å². The molecule has 0 saturated carbocycles. The number of hydrogen-bond acceptors (Lipinski definition) is 5. The monoisotopic (exact) mass is 540 g/mol. The Morgan fingerprint density at radius 3 is 2.60 bits per heavy atom. The van der Waals surface area contributed by atoms with Gasteiger partial charge in [-0.25, -0.2) is 4.98 Å². The smallest absolute Gasteiger partial charge is 0.244 e. The van der Waals surface area contributed by atoms with E-state index < -0.39 is 10.8 Å². The first-order valence-corrected chi connectivity index (χ1v) is 13.6. The highest BCUT2D eigenvalue weighted by atomic mass is 16.5. The quantitative estimate of drug-likeness (QED) is 0.449. The molecule has 2 aromatic carbocycles. The van der Waals surface area contributed by atoms with Crippen LogP contribution in [0.2, 0.25) is 0 Å². The summed E-state index contributed by atoms with van der Waals surface area (Å²) in [6, 6.07) is 17.4. The van der Waals surface area contributed by atoms with Gasteiger partial charge in [-0.2, -0.15) is 0 Å². The van der Waals surface area contributed by atoms with Crippen molar-refractivity contribution in [2.45, 2.75) is 58.6 Å². The third-order valence-electron chi connectivity index (χ3n) is 7.94. The van der Waals surface area contributed by atoms with Crippen LogP contribution in [0.5, 0.6) is 0 Å². The van der Waals surface area contributed by atoms with Gasteiger partial charge in [0.25, 0.3) is 0 Å². The predicted octanol–water partition coefficient (Wildman–Crippen LogP) is 4.79. The standard InChI is InChI=1S/C32H36N4O4/c1-20(40-5)25-10-7-6-9-22(25)18-36(30(39)31(2,3)4)19-27(37)34-24-13-12-21-16-32(17-23(21)15-24)26-11-8-14-33-28(26)35-29(32)38/h6-15,20H,16-19H2,1-5H3,(H,34,37)(H,33,35,38). The molecule has 2 heterocycles. The van der Waals surface area contributed by atoms with Gasteiger partial charge in [0, 0.05) is 36.5 Å². The Morgan fingerprint density at radius 2 is 1.85 bits per heavy atom. The van der Waals surface area contributed by atoms with Gasteiger partial charge in [0.15, 0.2) is 0 Å². The van der Waals surface area contributed by atoms with Gasteiger partial charge >= 0.3 is 0 Å².